The van der Waals surface area contributed by atoms with Crippen molar-refractivity contribution in [2.75, 3.05) is 5.32 Å². The highest BCUT2D eigenvalue weighted by Crippen LogP contribution is 2.25. The molecule has 0 fully saturated rings. The Labute approximate surface area is 128 Å². The number of fused-ring (bicyclic) bond motifs is 1. The molecule has 0 radical (unpaired) electrons. The first-order valence-electron chi connectivity index (χ1n) is 7.05. The molecule has 3 aromatic rings. The smallest absolute Gasteiger partial charge is 0.227 e. The van der Waals surface area contributed by atoms with Gasteiger partial charge < -0.3 is 10.4 Å². The van der Waals surface area contributed by atoms with Crippen LogP contribution < -0.4 is 5.32 Å². The zero-order valence-corrected chi connectivity index (χ0v) is 12.2. The molecular weight excluding hydrogens is 278 g/mol. The highest BCUT2D eigenvalue weighted by molar-refractivity contribution is 5.94. The third-order valence-corrected chi connectivity index (χ3v) is 3.62. The summed E-state index contributed by atoms with van der Waals surface area (Å²) in [6, 6.07) is 14.7. The molecule has 0 bridgehead atoms. The highest BCUT2D eigenvalue weighted by atomic mass is 16.3. The van der Waals surface area contributed by atoms with Crippen molar-refractivity contribution in [1.82, 2.24) is 10.2 Å². The van der Waals surface area contributed by atoms with Crippen LogP contribution in [0, 0.1) is 0 Å². The number of carbonyl (C=O) groups excluding carboxylic acids is 1. The quantitative estimate of drug-likeness (QED) is 0.692. The van der Waals surface area contributed by atoms with Crippen LogP contribution >= 0.6 is 0 Å². The summed E-state index contributed by atoms with van der Waals surface area (Å²) in [6.45, 7) is 1.64. The first-order chi connectivity index (χ1) is 10.5. The number of aliphatic hydroxyl groups is 1. The number of rotatable bonds is 4. The second-order valence-electron chi connectivity index (χ2n) is 5.54. The van der Waals surface area contributed by atoms with E-state index in [9.17, 15) is 9.90 Å². The van der Waals surface area contributed by atoms with E-state index in [4.69, 9.17) is 0 Å². The van der Waals surface area contributed by atoms with E-state index in [1.807, 2.05) is 42.5 Å². The van der Waals surface area contributed by atoms with Crippen molar-refractivity contribution in [3.05, 3.63) is 60.3 Å². The second kappa shape index (κ2) is 5.61. The van der Waals surface area contributed by atoms with Gasteiger partial charge in [-0.25, -0.2) is 0 Å². The number of nitrogens with zero attached hydrogens (tertiary/aromatic N) is 1. The van der Waals surface area contributed by atoms with Gasteiger partial charge in [-0.05, 0) is 30.7 Å². The summed E-state index contributed by atoms with van der Waals surface area (Å²) in [4.78, 5) is 12.2. The van der Waals surface area contributed by atoms with E-state index in [0.717, 1.165) is 16.5 Å². The Kier molecular flexibility index (Phi) is 3.65. The number of hydrogen-bond donors (Lipinski definition) is 3. The molecule has 5 nitrogen and oxygen atoms in total. The Balaban J connectivity index is 1.71. The average molecular weight is 295 g/mol. The summed E-state index contributed by atoms with van der Waals surface area (Å²) in [5.41, 5.74) is 1.11. The maximum absolute atomic E-state index is 12.2. The summed E-state index contributed by atoms with van der Waals surface area (Å²) in [5, 5.41) is 21.0. The molecule has 1 amide bonds. The molecule has 0 aliphatic heterocycles. The lowest BCUT2D eigenvalue weighted by Crippen LogP contribution is -2.28. The average Bonchev–Trinajstić information content (AvgIpc) is 2.95. The molecular formula is C17H17N3O2. The molecule has 2 aromatic carbocycles. The molecule has 112 valence electrons. The third-order valence-electron chi connectivity index (χ3n) is 3.62. The normalized spacial score (nSPS) is 13.7. The minimum atomic E-state index is -1.20. The third kappa shape index (κ3) is 2.99. The van der Waals surface area contributed by atoms with Crippen LogP contribution in [0.4, 0.5) is 5.69 Å². The Hall–Kier alpha value is -2.66. The van der Waals surface area contributed by atoms with Gasteiger partial charge in [-0.1, -0.05) is 30.3 Å². The first kappa shape index (κ1) is 14.3. The Bertz CT molecular complexity index is 794. The van der Waals surface area contributed by atoms with Gasteiger partial charge in [-0.15, -0.1) is 0 Å². The lowest BCUT2D eigenvalue weighted by Gasteiger charge is -2.23. The van der Waals surface area contributed by atoms with E-state index < -0.39 is 5.60 Å². The lowest BCUT2D eigenvalue weighted by atomic mass is 9.92. The molecule has 1 unspecified atom stereocenters. The molecule has 1 atom stereocenters. The highest BCUT2D eigenvalue weighted by Gasteiger charge is 2.26. The number of H-pyrrole nitrogens is 1. The Morgan fingerprint density at radius 2 is 2.05 bits per heavy atom. The minimum absolute atomic E-state index is 0.0135. The second-order valence-corrected chi connectivity index (χ2v) is 5.54. The molecule has 0 aliphatic carbocycles. The van der Waals surface area contributed by atoms with Crippen LogP contribution in [-0.4, -0.2) is 21.2 Å². The van der Waals surface area contributed by atoms with Gasteiger partial charge in [0.2, 0.25) is 5.91 Å². The standard InChI is InChI=1S/C17H17N3O2/c1-17(22,13-5-3-2-4-6-13)10-16(21)19-14-7-8-15-12(9-14)11-18-20-15/h2-9,11,22H,10H2,1H3,(H,18,20)(H,19,21). The molecule has 3 rings (SSSR count). The Morgan fingerprint density at radius 1 is 1.27 bits per heavy atom. The molecule has 0 saturated carbocycles. The van der Waals surface area contributed by atoms with Crippen LogP contribution in [0.1, 0.15) is 18.9 Å². The van der Waals surface area contributed by atoms with Gasteiger partial charge in [0.05, 0.1) is 23.7 Å². The predicted molar refractivity (Wildman–Crippen MR) is 85.4 cm³/mol. The number of aromatic nitrogens is 2. The molecule has 1 heterocycles. The zero-order chi connectivity index (χ0) is 15.6. The largest absolute Gasteiger partial charge is 0.385 e. The molecule has 0 aliphatic rings. The van der Waals surface area contributed by atoms with Crippen LogP contribution in [0.2, 0.25) is 0 Å². The summed E-state index contributed by atoms with van der Waals surface area (Å²) >= 11 is 0. The maximum Gasteiger partial charge on any atom is 0.227 e. The number of carbonyl (C=O) groups is 1. The van der Waals surface area contributed by atoms with Gasteiger partial charge in [0, 0.05) is 11.1 Å². The SMILES string of the molecule is CC(O)(CC(=O)Nc1ccc2[nH]ncc2c1)c1ccccc1. The number of hydrogen-bond acceptors (Lipinski definition) is 3. The minimum Gasteiger partial charge on any atom is -0.385 e. The van der Waals surface area contributed by atoms with Gasteiger partial charge >= 0.3 is 0 Å². The van der Waals surface area contributed by atoms with Gasteiger partial charge in [-0.2, -0.15) is 5.10 Å². The summed E-state index contributed by atoms with van der Waals surface area (Å²) in [6.07, 6.45) is 1.69. The first-order valence-corrected chi connectivity index (χ1v) is 7.05. The fourth-order valence-corrected chi connectivity index (χ4v) is 2.44. The lowest BCUT2D eigenvalue weighted by molar-refractivity contribution is -0.120. The number of anilines is 1. The van der Waals surface area contributed by atoms with Gasteiger partial charge in [-0.3, -0.25) is 9.89 Å². The molecule has 0 saturated heterocycles. The predicted octanol–water partition coefficient (Wildman–Crippen LogP) is 2.80. The Morgan fingerprint density at radius 3 is 2.82 bits per heavy atom. The van der Waals surface area contributed by atoms with Crippen LogP contribution in [0.3, 0.4) is 0 Å². The molecule has 0 spiro atoms. The topological polar surface area (TPSA) is 78.0 Å². The van der Waals surface area contributed by atoms with Gasteiger partial charge in [0.1, 0.15) is 0 Å². The molecule has 22 heavy (non-hydrogen) atoms. The fraction of sp³-hybridized carbons (Fsp3) is 0.176. The van der Waals surface area contributed by atoms with E-state index in [1.165, 1.54) is 0 Å². The van der Waals surface area contributed by atoms with Crippen molar-refractivity contribution in [1.29, 1.82) is 0 Å². The summed E-state index contributed by atoms with van der Waals surface area (Å²) in [7, 11) is 0. The summed E-state index contributed by atoms with van der Waals surface area (Å²) in [5.74, 6) is -0.239. The zero-order valence-electron chi connectivity index (χ0n) is 12.2. The molecule has 3 N–H and O–H groups in total. The van der Waals surface area contributed by atoms with Crippen LogP contribution in [0.25, 0.3) is 10.9 Å². The van der Waals surface area contributed by atoms with Crippen molar-refractivity contribution >= 4 is 22.5 Å². The van der Waals surface area contributed by atoms with Crippen molar-refractivity contribution in [3.8, 4) is 0 Å². The number of aromatic amines is 1. The molecule has 5 heteroatoms. The fourth-order valence-electron chi connectivity index (χ4n) is 2.44. The van der Waals surface area contributed by atoms with E-state index in [-0.39, 0.29) is 12.3 Å². The number of nitrogens with one attached hydrogen (secondary N) is 2. The summed E-state index contributed by atoms with van der Waals surface area (Å²) < 4.78 is 0. The van der Waals surface area contributed by atoms with Gasteiger partial charge in [0.25, 0.3) is 0 Å². The van der Waals surface area contributed by atoms with Crippen molar-refractivity contribution < 1.29 is 9.90 Å². The van der Waals surface area contributed by atoms with Crippen LogP contribution in [-0.2, 0) is 10.4 Å². The van der Waals surface area contributed by atoms with Crippen LogP contribution in [0.5, 0.6) is 0 Å². The maximum atomic E-state index is 12.2. The van der Waals surface area contributed by atoms with E-state index in [0.29, 0.717) is 5.69 Å². The number of amides is 1. The van der Waals surface area contributed by atoms with Gasteiger partial charge in [0.15, 0.2) is 0 Å². The monoisotopic (exact) mass is 295 g/mol. The van der Waals surface area contributed by atoms with Crippen molar-refractivity contribution in [2.24, 2.45) is 0 Å². The molecule has 1 aromatic heterocycles. The van der Waals surface area contributed by atoms with Crippen LogP contribution in [0.15, 0.2) is 54.7 Å². The van der Waals surface area contributed by atoms with E-state index in [1.54, 1.807) is 19.2 Å². The van der Waals surface area contributed by atoms with Crippen molar-refractivity contribution in [3.63, 3.8) is 0 Å². The van der Waals surface area contributed by atoms with Crippen molar-refractivity contribution in [2.45, 2.75) is 18.9 Å². The number of benzene rings is 2. The van der Waals surface area contributed by atoms with E-state index >= 15 is 0 Å². The van der Waals surface area contributed by atoms with E-state index in [2.05, 4.69) is 15.5 Å².